The number of aromatic nitrogens is 1. The van der Waals surface area contributed by atoms with Crippen LogP contribution in [0.25, 0.3) is 0 Å². The Morgan fingerprint density at radius 2 is 2.11 bits per heavy atom. The fourth-order valence-electron chi connectivity index (χ4n) is 1.41. The Labute approximate surface area is 110 Å². The molecule has 0 fully saturated rings. The van der Waals surface area contributed by atoms with E-state index in [1.165, 1.54) is 0 Å². The van der Waals surface area contributed by atoms with E-state index in [0.717, 1.165) is 5.56 Å². The third-order valence-electron chi connectivity index (χ3n) is 2.39. The van der Waals surface area contributed by atoms with Crippen molar-refractivity contribution >= 4 is 11.6 Å². The van der Waals surface area contributed by atoms with Gasteiger partial charge in [0.2, 0.25) is 5.88 Å². The molecule has 0 bridgehead atoms. The number of ether oxygens (including phenoxy) is 2. The molecular formula is C13H13ClN2O2. The molecule has 0 spiro atoms. The standard InChI is InChI=1S/C13H13ClN2O2/c1-17-10-3-5-13(16-8-10)18-12-4-2-9(7-15)6-11(12)14/h2-6,8H,7,15H2,1H3. The minimum absolute atomic E-state index is 0.445. The highest BCUT2D eigenvalue weighted by atomic mass is 35.5. The highest BCUT2D eigenvalue weighted by molar-refractivity contribution is 6.32. The van der Waals surface area contributed by atoms with Gasteiger partial charge in [0.25, 0.3) is 0 Å². The van der Waals surface area contributed by atoms with Crippen molar-refractivity contribution in [2.45, 2.75) is 6.54 Å². The maximum absolute atomic E-state index is 6.08. The number of hydrogen-bond donors (Lipinski definition) is 1. The van der Waals surface area contributed by atoms with Crippen molar-refractivity contribution in [2.75, 3.05) is 7.11 Å². The molecule has 1 heterocycles. The van der Waals surface area contributed by atoms with Crippen molar-refractivity contribution in [1.29, 1.82) is 0 Å². The summed E-state index contributed by atoms with van der Waals surface area (Å²) >= 11 is 6.08. The Morgan fingerprint density at radius 3 is 2.67 bits per heavy atom. The van der Waals surface area contributed by atoms with E-state index >= 15 is 0 Å². The SMILES string of the molecule is COc1ccc(Oc2ccc(CN)cc2Cl)nc1. The molecule has 0 aliphatic carbocycles. The van der Waals surface area contributed by atoms with Crippen LogP contribution in [0.3, 0.4) is 0 Å². The van der Waals surface area contributed by atoms with E-state index in [1.807, 2.05) is 6.07 Å². The number of hydrogen-bond acceptors (Lipinski definition) is 4. The highest BCUT2D eigenvalue weighted by Crippen LogP contribution is 2.29. The van der Waals surface area contributed by atoms with Gasteiger partial charge in [-0.05, 0) is 23.8 Å². The normalized spacial score (nSPS) is 10.2. The Morgan fingerprint density at radius 1 is 1.28 bits per heavy atom. The molecule has 0 atom stereocenters. The molecule has 2 rings (SSSR count). The van der Waals surface area contributed by atoms with Gasteiger partial charge in [-0.3, -0.25) is 0 Å². The second-order valence-electron chi connectivity index (χ2n) is 3.61. The number of halogens is 1. The van der Waals surface area contributed by atoms with E-state index in [2.05, 4.69) is 4.98 Å². The van der Waals surface area contributed by atoms with E-state index in [-0.39, 0.29) is 0 Å². The average Bonchev–Trinajstić information content (AvgIpc) is 2.42. The quantitative estimate of drug-likeness (QED) is 0.922. The number of benzene rings is 1. The fraction of sp³-hybridized carbons (Fsp3) is 0.154. The Kier molecular flexibility index (Phi) is 4.02. The molecule has 0 unspecified atom stereocenters. The summed E-state index contributed by atoms with van der Waals surface area (Å²) < 4.78 is 10.6. The van der Waals surface area contributed by atoms with Gasteiger partial charge in [0.15, 0.2) is 0 Å². The van der Waals surface area contributed by atoms with Gasteiger partial charge in [0.05, 0.1) is 18.3 Å². The minimum atomic E-state index is 0.445. The lowest BCUT2D eigenvalue weighted by molar-refractivity contribution is 0.408. The zero-order valence-electron chi connectivity index (χ0n) is 9.89. The molecule has 1 aromatic heterocycles. The second-order valence-corrected chi connectivity index (χ2v) is 4.01. The van der Waals surface area contributed by atoms with Gasteiger partial charge in [-0.15, -0.1) is 0 Å². The molecule has 1 aromatic carbocycles. The van der Waals surface area contributed by atoms with Crippen LogP contribution >= 0.6 is 11.6 Å². The monoisotopic (exact) mass is 264 g/mol. The first-order valence-corrected chi connectivity index (χ1v) is 5.77. The predicted molar refractivity (Wildman–Crippen MR) is 70.2 cm³/mol. The molecule has 0 radical (unpaired) electrons. The van der Waals surface area contributed by atoms with Gasteiger partial charge >= 0.3 is 0 Å². The van der Waals surface area contributed by atoms with Crippen molar-refractivity contribution in [2.24, 2.45) is 5.73 Å². The van der Waals surface area contributed by atoms with E-state index < -0.39 is 0 Å². The van der Waals surface area contributed by atoms with Crippen LogP contribution in [0.1, 0.15) is 5.56 Å². The third kappa shape index (κ3) is 2.91. The van der Waals surface area contributed by atoms with Gasteiger partial charge in [-0.2, -0.15) is 0 Å². The molecule has 18 heavy (non-hydrogen) atoms. The summed E-state index contributed by atoms with van der Waals surface area (Å²) in [5.74, 6) is 1.68. The minimum Gasteiger partial charge on any atom is -0.495 e. The molecule has 0 aliphatic rings. The van der Waals surface area contributed by atoms with Crippen molar-refractivity contribution in [3.63, 3.8) is 0 Å². The first-order chi connectivity index (χ1) is 8.72. The number of methoxy groups -OCH3 is 1. The first-order valence-electron chi connectivity index (χ1n) is 5.39. The van der Waals surface area contributed by atoms with Crippen LogP contribution in [0.5, 0.6) is 17.4 Å². The van der Waals surface area contributed by atoms with Crippen LogP contribution in [0.4, 0.5) is 0 Å². The summed E-state index contributed by atoms with van der Waals surface area (Å²) in [6.07, 6.45) is 1.58. The maximum Gasteiger partial charge on any atom is 0.219 e. The van der Waals surface area contributed by atoms with Crippen molar-refractivity contribution in [3.05, 3.63) is 47.1 Å². The maximum atomic E-state index is 6.08. The van der Waals surface area contributed by atoms with Crippen LogP contribution in [0.2, 0.25) is 5.02 Å². The van der Waals surface area contributed by atoms with Crippen LogP contribution in [0, 0.1) is 0 Å². The summed E-state index contributed by atoms with van der Waals surface area (Å²) in [6, 6.07) is 8.90. The summed E-state index contributed by atoms with van der Waals surface area (Å²) in [6.45, 7) is 0.445. The van der Waals surface area contributed by atoms with Crippen LogP contribution in [0.15, 0.2) is 36.5 Å². The molecule has 0 amide bonds. The first kappa shape index (κ1) is 12.7. The summed E-state index contributed by atoms with van der Waals surface area (Å²) in [4.78, 5) is 4.10. The van der Waals surface area contributed by atoms with Crippen molar-refractivity contribution < 1.29 is 9.47 Å². The largest absolute Gasteiger partial charge is 0.495 e. The number of nitrogens with zero attached hydrogens (tertiary/aromatic N) is 1. The number of pyridine rings is 1. The Balaban J connectivity index is 2.17. The molecule has 0 aliphatic heterocycles. The predicted octanol–water partition coefficient (Wildman–Crippen LogP) is 2.99. The van der Waals surface area contributed by atoms with Gasteiger partial charge in [0.1, 0.15) is 11.5 Å². The summed E-state index contributed by atoms with van der Waals surface area (Å²) in [7, 11) is 1.58. The third-order valence-corrected chi connectivity index (χ3v) is 2.69. The number of nitrogens with two attached hydrogens (primary N) is 1. The lowest BCUT2D eigenvalue weighted by atomic mass is 10.2. The molecule has 0 saturated heterocycles. The van der Waals surface area contributed by atoms with Crippen molar-refractivity contribution in [3.8, 4) is 17.4 Å². The lowest BCUT2D eigenvalue weighted by Gasteiger charge is -2.08. The van der Waals surface area contributed by atoms with E-state index in [1.54, 1.807) is 37.6 Å². The number of rotatable bonds is 4. The van der Waals surface area contributed by atoms with Gasteiger partial charge < -0.3 is 15.2 Å². The van der Waals surface area contributed by atoms with E-state index in [4.69, 9.17) is 26.8 Å². The topological polar surface area (TPSA) is 57.4 Å². The zero-order chi connectivity index (χ0) is 13.0. The van der Waals surface area contributed by atoms with Crippen LogP contribution < -0.4 is 15.2 Å². The smallest absolute Gasteiger partial charge is 0.219 e. The van der Waals surface area contributed by atoms with E-state index in [9.17, 15) is 0 Å². The fourth-order valence-corrected chi connectivity index (χ4v) is 1.66. The summed E-state index contributed by atoms with van der Waals surface area (Å²) in [5, 5.41) is 0.510. The molecule has 4 nitrogen and oxygen atoms in total. The average molecular weight is 265 g/mol. The van der Waals surface area contributed by atoms with E-state index in [0.29, 0.717) is 28.9 Å². The lowest BCUT2D eigenvalue weighted by Crippen LogP contribution is -1.96. The second kappa shape index (κ2) is 5.71. The van der Waals surface area contributed by atoms with Crippen molar-refractivity contribution in [1.82, 2.24) is 4.98 Å². The highest BCUT2D eigenvalue weighted by Gasteiger charge is 2.05. The molecule has 94 valence electrons. The molecule has 5 heteroatoms. The molecular weight excluding hydrogens is 252 g/mol. The molecule has 2 aromatic rings. The molecule has 2 N–H and O–H groups in total. The van der Waals surface area contributed by atoms with Gasteiger partial charge in [-0.25, -0.2) is 4.98 Å². The van der Waals surface area contributed by atoms with Gasteiger partial charge in [0, 0.05) is 12.6 Å². The molecule has 0 saturated carbocycles. The zero-order valence-corrected chi connectivity index (χ0v) is 10.6. The Bertz CT molecular complexity index is 529. The Hall–Kier alpha value is -1.78. The summed E-state index contributed by atoms with van der Waals surface area (Å²) in [5.41, 5.74) is 6.48. The van der Waals surface area contributed by atoms with Crippen LogP contribution in [-0.4, -0.2) is 12.1 Å². The van der Waals surface area contributed by atoms with Gasteiger partial charge in [-0.1, -0.05) is 17.7 Å². The van der Waals surface area contributed by atoms with Crippen LogP contribution in [-0.2, 0) is 6.54 Å².